The Morgan fingerprint density at radius 3 is 2.89 bits per heavy atom. The molecular formula is C19H17ClFN3O3S. The Labute approximate surface area is 170 Å². The van der Waals surface area contributed by atoms with E-state index in [2.05, 4.69) is 15.6 Å². The number of halogens is 2. The molecule has 6 nitrogen and oxygen atoms in total. The molecule has 9 heteroatoms. The Hall–Kier alpha value is -2.58. The first-order chi connectivity index (χ1) is 13.5. The normalized spacial score (nSPS) is 17.5. The third-order valence-electron chi connectivity index (χ3n) is 3.94. The van der Waals surface area contributed by atoms with E-state index in [0.29, 0.717) is 17.4 Å². The standard InChI is InChI=1S/C19H17ClFN3O3S/c1-27-15-5-3-2-4-11(15)10-22-19-24-18(26)16(28-19)9-17(25)23-12-6-7-14(21)13(20)8-12/h2-8,16H,9-10H2,1H3,(H,23,25)(H,22,24,26). The molecule has 1 unspecified atom stereocenters. The predicted molar refractivity (Wildman–Crippen MR) is 108 cm³/mol. The molecule has 1 aliphatic heterocycles. The van der Waals surface area contributed by atoms with Crippen LogP contribution in [0.3, 0.4) is 0 Å². The van der Waals surface area contributed by atoms with Gasteiger partial charge in [0.05, 0.1) is 18.7 Å². The van der Waals surface area contributed by atoms with Crippen molar-refractivity contribution in [2.75, 3.05) is 12.4 Å². The second-order valence-corrected chi connectivity index (χ2v) is 7.51. The van der Waals surface area contributed by atoms with Gasteiger partial charge in [-0.3, -0.25) is 14.6 Å². The second-order valence-electron chi connectivity index (χ2n) is 5.91. The minimum Gasteiger partial charge on any atom is -0.496 e. The highest BCUT2D eigenvalue weighted by Crippen LogP contribution is 2.25. The van der Waals surface area contributed by atoms with E-state index in [4.69, 9.17) is 16.3 Å². The number of rotatable bonds is 6. The van der Waals surface area contributed by atoms with Gasteiger partial charge in [0.25, 0.3) is 0 Å². The number of aliphatic imine (C=N–C) groups is 1. The van der Waals surface area contributed by atoms with Crippen LogP contribution in [0.2, 0.25) is 5.02 Å². The van der Waals surface area contributed by atoms with Crippen LogP contribution < -0.4 is 15.4 Å². The molecule has 0 spiro atoms. The molecule has 2 N–H and O–H groups in total. The number of amides is 2. The molecule has 3 rings (SSSR count). The topological polar surface area (TPSA) is 79.8 Å². The number of methoxy groups -OCH3 is 1. The van der Waals surface area contributed by atoms with E-state index in [-0.39, 0.29) is 23.3 Å². The summed E-state index contributed by atoms with van der Waals surface area (Å²) in [6.07, 6.45) is -0.0425. The first-order valence-corrected chi connectivity index (χ1v) is 9.61. The zero-order valence-electron chi connectivity index (χ0n) is 14.9. The van der Waals surface area contributed by atoms with Crippen molar-refractivity contribution >= 4 is 46.0 Å². The summed E-state index contributed by atoms with van der Waals surface area (Å²) in [5, 5.41) is 5.07. The number of nitrogens with one attached hydrogen (secondary N) is 2. The lowest BCUT2D eigenvalue weighted by molar-refractivity contribution is -0.122. The molecule has 2 aromatic carbocycles. The van der Waals surface area contributed by atoms with Crippen molar-refractivity contribution in [3.8, 4) is 5.75 Å². The largest absolute Gasteiger partial charge is 0.496 e. The van der Waals surface area contributed by atoms with Crippen molar-refractivity contribution in [3.05, 3.63) is 58.9 Å². The Morgan fingerprint density at radius 1 is 1.36 bits per heavy atom. The van der Waals surface area contributed by atoms with Crippen molar-refractivity contribution in [1.29, 1.82) is 0 Å². The number of amidine groups is 1. The zero-order chi connectivity index (χ0) is 20.1. The molecule has 1 fully saturated rings. The molecule has 28 heavy (non-hydrogen) atoms. The number of ether oxygens (including phenoxy) is 1. The molecule has 0 bridgehead atoms. The number of hydrogen-bond acceptors (Lipinski definition) is 5. The van der Waals surface area contributed by atoms with Crippen LogP contribution in [0.4, 0.5) is 10.1 Å². The van der Waals surface area contributed by atoms with Gasteiger partial charge in [0, 0.05) is 17.7 Å². The van der Waals surface area contributed by atoms with E-state index in [1.807, 2.05) is 24.3 Å². The Balaban J connectivity index is 1.58. The summed E-state index contributed by atoms with van der Waals surface area (Å²) in [5.74, 6) is -0.506. The number of thioether (sulfide) groups is 1. The first-order valence-electron chi connectivity index (χ1n) is 8.35. The molecule has 0 aliphatic carbocycles. The molecule has 146 valence electrons. The van der Waals surface area contributed by atoms with Crippen LogP contribution in [0.15, 0.2) is 47.5 Å². The van der Waals surface area contributed by atoms with Crippen molar-refractivity contribution in [2.45, 2.75) is 18.2 Å². The van der Waals surface area contributed by atoms with Gasteiger partial charge in [-0.25, -0.2) is 4.39 Å². The molecule has 0 aromatic heterocycles. The fourth-order valence-electron chi connectivity index (χ4n) is 2.56. The third-order valence-corrected chi connectivity index (χ3v) is 5.35. The Bertz CT molecular complexity index is 938. The van der Waals surface area contributed by atoms with Crippen LogP contribution in [-0.4, -0.2) is 29.3 Å². The highest BCUT2D eigenvalue weighted by atomic mass is 35.5. The summed E-state index contributed by atoms with van der Waals surface area (Å²) in [6.45, 7) is 0.347. The number of para-hydroxylation sites is 1. The molecule has 2 amide bonds. The molecule has 1 aliphatic rings. The van der Waals surface area contributed by atoms with Crippen LogP contribution in [0.1, 0.15) is 12.0 Å². The molecule has 1 heterocycles. The van der Waals surface area contributed by atoms with Gasteiger partial charge in [-0.15, -0.1) is 0 Å². The van der Waals surface area contributed by atoms with E-state index in [0.717, 1.165) is 17.4 Å². The summed E-state index contributed by atoms with van der Waals surface area (Å²) in [7, 11) is 1.58. The number of carbonyl (C=O) groups excluding carboxylic acids is 2. The Kier molecular flexibility index (Phi) is 6.53. The summed E-state index contributed by atoms with van der Waals surface area (Å²) in [6, 6.07) is 11.4. The zero-order valence-corrected chi connectivity index (χ0v) is 16.4. The maximum atomic E-state index is 13.2. The first kappa shape index (κ1) is 20.2. The molecule has 0 saturated carbocycles. The summed E-state index contributed by atoms with van der Waals surface area (Å²) < 4.78 is 18.5. The van der Waals surface area contributed by atoms with E-state index in [1.165, 1.54) is 23.9 Å². The molecule has 1 atom stereocenters. The van der Waals surface area contributed by atoms with E-state index < -0.39 is 11.1 Å². The molecular weight excluding hydrogens is 405 g/mol. The van der Waals surface area contributed by atoms with E-state index in [9.17, 15) is 14.0 Å². The third kappa shape index (κ3) is 5.02. The number of nitrogens with zero attached hydrogens (tertiary/aromatic N) is 1. The van der Waals surface area contributed by atoms with Gasteiger partial charge in [-0.2, -0.15) is 0 Å². The minimum atomic E-state index is -0.590. The fourth-order valence-corrected chi connectivity index (χ4v) is 3.71. The van der Waals surface area contributed by atoms with Crippen molar-refractivity contribution < 1.29 is 18.7 Å². The van der Waals surface area contributed by atoms with E-state index >= 15 is 0 Å². The number of hydrogen-bond donors (Lipinski definition) is 2. The predicted octanol–water partition coefficient (Wildman–Crippen LogP) is 3.60. The monoisotopic (exact) mass is 421 g/mol. The van der Waals surface area contributed by atoms with Gasteiger partial charge in [-0.1, -0.05) is 41.6 Å². The van der Waals surface area contributed by atoms with Gasteiger partial charge >= 0.3 is 0 Å². The van der Waals surface area contributed by atoms with Crippen LogP contribution in [0, 0.1) is 5.82 Å². The molecule has 0 radical (unpaired) electrons. The number of carbonyl (C=O) groups is 2. The van der Waals surface area contributed by atoms with Crippen LogP contribution in [0.25, 0.3) is 0 Å². The number of benzene rings is 2. The van der Waals surface area contributed by atoms with E-state index in [1.54, 1.807) is 7.11 Å². The Morgan fingerprint density at radius 2 is 2.14 bits per heavy atom. The highest BCUT2D eigenvalue weighted by molar-refractivity contribution is 8.15. The van der Waals surface area contributed by atoms with Crippen LogP contribution >= 0.6 is 23.4 Å². The highest BCUT2D eigenvalue weighted by Gasteiger charge is 2.32. The summed E-state index contributed by atoms with van der Waals surface area (Å²) in [4.78, 5) is 28.7. The van der Waals surface area contributed by atoms with Gasteiger partial charge in [0.15, 0.2) is 5.17 Å². The lowest BCUT2D eigenvalue weighted by atomic mass is 10.2. The van der Waals surface area contributed by atoms with Crippen molar-refractivity contribution in [2.24, 2.45) is 4.99 Å². The molecule has 1 saturated heterocycles. The average Bonchev–Trinajstić information content (AvgIpc) is 3.02. The van der Waals surface area contributed by atoms with Gasteiger partial charge in [-0.05, 0) is 24.3 Å². The van der Waals surface area contributed by atoms with Gasteiger partial charge in [0.2, 0.25) is 11.8 Å². The van der Waals surface area contributed by atoms with Gasteiger partial charge in [0.1, 0.15) is 16.8 Å². The summed E-state index contributed by atoms with van der Waals surface area (Å²) >= 11 is 6.90. The van der Waals surface area contributed by atoms with Crippen molar-refractivity contribution in [3.63, 3.8) is 0 Å². The van der Waals surface area contributed by atoms with Gasteiger partial charge < -0.3 is 15.4 Å². The number of anilines is 1. The van der Waals surface area contributed by atoms with Crippen LogP contribution in [0.5, 0.6) is 5.75 Å². The lowest BCUT2D eigenvalue weighted by Gasteiger charge is -2.08. The molecule has 2 aromatic rings. The second kappa shape index (κ2) is 9.07. The fraction of sp³-hybridized carbons (Fsp3) is 0.211. The maximum Gasteiger partial charge on any atom is 0.240 e. The smallest absolute Gasteiger partial charge is 0.240 e. The quantitative estimate of drug-likeness (QED) is 0.746. The maximum absolute atomic E-state index is 13.2. The average molecular weight is 422 g/mol. The minimum absolute atomic E-state index is 0.0425. The SMILES string of the molecule is COc1ccccc1CN=C1NC(=O)C(CC(=O)Nc2ccc(F)c(Cl)c2)S1. The van der Waals surface area contributed by atoms with Crippen molar-refractivity contribution in [1.82, 2.24) is 5.32 Å². The van der Waals surface area contributed by atoms with Crippen LogP contribution in [-0.2, 0) is 16.1 Å². The summed E-state index contributed by atoms with van der Waals surface area (Å²) in [5.41, 5.74) is 1.26. The lowest BCUT2D eigenvalue weighted by Crippen LogP contribution is -2.28.